The highest BCUT2D eigenvalue weighted by molar-refractivity contribution is 5.92. The maximum absolute atomic E-state index is 12.2. The Hall–Kier alpha value is -1.88. The van der Waals surface area contributed by atoms with Crippen LogP contribution in [-0.2, 0) is 16.0 Å². The van der Waals surface area contributed by atoms with E-state index in [9.17, 15) is 9.59 Å². The van der Waals surface area contributed by atoms with Crippen LogP contribution in [0.5, 0.6) is 0 Å². The Labute approximate surface area is 151 Å². The molecule has 0 radical (unpaired) electrons. The van der Waals surface area contributed by atoms with Crippen LogP contribution in [0, 0.1) is 5.92 Å². The molecular weight excluding hydrogens is 314 g/mol. The van der Waals surface area contributed by atoms with E-state index in [0.717, 1.165) is 57.4 Å². The van der Waals surface area contributed by atoms with Crippen LogP contribution < -0.4 is 10.6 Å². The number of carbonyl (C=O) groups is 2. The maximum Gasteiger partial charge on any atom is 0.238 e. The van der Waals surface area contributed by atoms with Gasteiger partial charge in [-0.3, -0.25) is 14.5 Å². The first-order chi connectivity index (χ1) is 12.1. The van der Waals surface area contributed by atoms with E-state index in [1.54, 1.807) is 0 Å². The number of nitrogens with one attached hydrogen (secondary N) is 2. The van der Waals surface area contributed by atoms with Crippen LogP contribution in [0.15, 0.2) is 24.3 Å². The van der Waals surface area contributed by atoms with Crippen molar-refractivity contribution >= 4 is 17.5 Å². The lowest BCUT2D eigenvalue weighted by Crippen LogP contribution is -2.43. The molecule has 0 atom stereocenters. The molecule has 1 aliphatic heterocycles. The molecule has 1 fully saturated rings. The molecule has 0 aliphatic carbocycles. The molecule has 5 heteroatoms. The average Bonchev–Trinajstić information content (AvgIpc) is 2.62. The summed E-state index contributed by atoms with van der Waals surface area (Å²) in [4.78, 5) is 26.5. The Balaban J connectivity index is 1.72. The number of hydrogen-bond donors (Lipinski definition) is 2. The number of nitrogens with zero attached hydrogens (tertiary/aromatic N) is 1. The number of anilines is 1. The molecule has 1 aromatic rings. The second kappa shape index (κ2) is 10.2. The monoisotopic (exact) mass is 345 g/mol. The van der Waals surface area contributed by atoms with E-state index in [1.165, 1.54) is 5.56 Å². The van der Waals surface area contributed by atoms with Crippen molar-refractivity contribution in [1.29, 1.82) is 0 Å². The molecule has 25 heavy (non-hydrogen) atoms. The lowest BCUT2D eigenvalue weighted by Gasteiger charge is -2.30. The second-order valence-corrected chi connectivity index (χ2v) is 6.80. The van der Waals surface area contributed by atoms with Gasteiger partial charge in [-0.1, -0.05) is 32.4 Å². The predicted octanol–water partition coefficient (Wildman–Crippen LogP) is 2.82. The maximum atomic E-state index is 12.2. The molecule has 0 bridgehead atoms. The molecule has 0 spiro atoms. The normalized spacial score (nSPS) is 15.8. The number of amides is 2. The molecule has 0 unspecified atom stereocenters. The number of carbonyl (C=O) groups excluding carboxylic acids is 2. The minimum atomic E-state index is 0.0131. The molecule has 1 aliphatic rings. The summed E-state index contributed by atoms with van der Waals surface area (Å²) in [7, 11) is 0. The van der Waals surface area contributed by atoms with E-state index in [-0.39, 0.29) is 17.7 Å². The van der Waals surface area contributed by atoms with E-state index in [0.29, 0.717) is 6.54 Å². The lowest BCUT2D eigenvalue weighted by atomic mass is 9.96. The van der Waals surface area contributed by atoms with Crippen LogP contribution in [0.1, 0.15) is 45.1 Å². The van der Waals surface area contributed by atoms with Gasteiger partial charge in [-0.15, -0.1) is 0 Å². The fraction of sp³-hybridized carbons (Fsp3) is 0.600. The third-order valence-electron chi connectivity index (χ3n) is 4.77. The predicted molar refractivity (Wildman–Crippen MR) is 102 cm³/mol. The second-order valence-electron chi connectivity index (χ2n) is 6.80. The summed E-state index contributed by atoms with van der Waals surface area (Å²) in [5.41, 5.74) is 2.07. The van der Waals surface area contributed by atoms with Crippen molar-refractivity contribution in [3.05, 3.63) is 29.8 Å². The molecule has 2 rings (SSSR count). The highest BCUT2D eigenvalue weighted by Gasteiger charge is 2.25. The summed E-state index contributed by atoms with van der Waals surface area (Å²) >= 11 is 0. The van der Waals surface area contributed by atoms with Gasteiger partial charge in [0.25, 0.3) is 0 Å². The summed E-state index contributed by atoms with van der Waals surface area (Å²) in [6.07, 6.45) is 4.74. The van der Waals surface area contributed by atoms with Gasteiger partial charge < -0.3 is 10.6 Å². The highest BCUT2D eigenvalue weighted by Crippen LogP contribution is 2.17. The van der Waals surface area contributed by atoms with E-state index >= 15 is 0 Å². The Bertz CT molecular complexity index is 566. The molecule has 138 valence electrons. The van der Waals surface area contributed by atoms with Crippen molar-refractivity contribution in [3.63, 3.8) is 0 Å². The van der Waals surface area contributed by atoms with E-state index in [4.69, 9.17) is 0 Å². The van der Waals surface area contributed by atoms with Gasteiger partial charge in [0, 0.05) is 18.2 Å². The Morgan fingerprint density at radius 2 is 1.96 bits per heavy atom. The first kappa shape index (κ1) is 19.4. The summed E-state index contributed by atoms with van der Waals surface area (Å²) in [6, 6.07) is 7.97. The number of hydrogen-bond acceptors (Lipinski definition) is 3. The molecule has 2 amide bonds. The number of benzene rings is 1. The van der Waals surface area contributed by atoms with E-state index in [1.807, 2.05) is 18.2 Å². The van der Waals surface area contributed by atoms with Gasteiger partial charge in [0.2, 0.25) is 11.8 Å². The van der Waals surface area contributed by atoms with Gasteiger partial charge >= 0.3 is 0 Å². The van der Waals surface area contributed by atoms with Gasteiger partial charge in [-0.05, 0) is 56.5 Å². The third-order valence-corrected chi connectivity index (χ3v) is 4.77. The minimum absolute atomic E-state index is 0.0131. The number of rotatable bonds is 8. The summed E-state index contributed by atoms with van der Waals surface area (Å²) in [5, 5.41) is 5.99. The van der Waals surface area contributed by atoms with E-state index < -0.39 is 0 Å². The standard InChI is InChI=1S/C20H31N3O2/c1-3-5-11-21-20(25)17-9-12-23(13-10-17)15-19(24)22-18-8-6-7-16(4-2)14-18/h6-8,14,17H,3-5,9-13,15H2,1-2H3,(H,21,25)(H,22,24). The first-order valence-corrected chi connectivity index (χ1v) is 9.51. The van der Waals surface area contributed by atoms with Crippen LogP contribution in [0.3, 0.4) is 0 Å². The van der Waals surface area contributed by atoms with E-state index in [2.05, 4.69) is 35.4 Å². The smallest absolute Gasteiger partial charge is 0.238 e. The fourth-order valence-electron chi connectivity index (χ4n) is 3.16. The van der Waals surface area contributed by atoms with Crippen LogP contribution in [0.25, 0.3) is 0 Å². The van der Waals surface area contributed by atoms with Gasteiger partial charge in [0.15, 0.2) is 0 Å². The number of likely N-dealkylation sites (tertiary alicyclic amines) is 1. The number of unbranched alkanes of at least 4 members (excludes halogenated alkanes) is 1. The molecule has 0 saturated carbocycles. The Morgan fingerprint density at radius 3 is 2.64 bits per heavy atom. The molecular formula is C20H31N3O2. The zero-order valence-corrected chi connectivity index (χ0v) is 15.5. The Morgan fingerprint density at radius 1 is 1.20 bits per heavy atom. The van der Waals surface area contributed by atoms with Crippen molar-refractivity contribution in [3.8, 4) is 0 Å². The third kappa shape index (κ3) is 6.50. The molecule has 1 aromatic carbocycles. The fourth-order valence-corrected chi connectivity index (χ4v) is 3.16. The summed E-state index contributed by atoms with van der Waals surface area (Å²) in [6.45, 7) is 6.98. The zero-order valence-electron chi connectivity index (χ0n) is 15.5. The molecule has 5 nitrogen and oxygen atoms in total. The van der Waals surface area contributed by atoms with Gasteiger partial charge in [0.05, 0.1) is 6.54 Å². The van der Waals surface area contributed by atoms with Crippen LogP contribution in [-0.4, -0.2) is 42.9 Å². The summed E-state index contributed by atoms with van der Waals surface area (Å²) in [5.74, 6) is 0.283. The van der Waals surface area contributed by atoms with Gasteiger partial charge in [-0.2, -0.15) is 0 Å². The van der Waals surface area contributed by atoms with Crippen molar-refractivity contribution < 1.29 is 9.59 Å². The van der Waals surface area contributed by atoms with Crippen molar-refractivity contribution in [2.45, 2.75) is 46.0 Å². The zero-order chi connectivity index (χ0) is 18.1. The Kier molecular flexibility index (Phi) is 7.92. The topological polar surface area (TPSA) is 61.4 Å². The lowest BCUT2D eigenvalue weighted by molar-refractivity contribution is -0.126. The largest absolute Gasteiger partial charge is 0.356 e. The number of aryl methyl sites for hydroxylation is 1. The molecule has 1 heterocycles. The molecule has 0 aromatic heterocycles. The highest BCUT2D eigenvalue weighted by atomic mass is 16.2. The minimum Gasteiger partial charge on any atom is -0.356 e. The molecule has 2 N–H and O–H groups in total. The quantitative estimate of drug-likeness (QED) is 0.712. The van der Waals surface area contributed by atoms with Crippen LogP contribution >= 0.6 is 0 Å². The number of piperidine rings is 1. The average molecular weight is 345 g/mol. The van der Waals surface area contributed by atoms with Crippen LogP contribution in [0.2, 0.25) is 0 Å². The van der Waals surface area contributed by atoms with Gasteiger partial charge in [-0.25, -0.2) is 0 Å². The van der Waals surface area contributed by atoms with Crippen LogP contribution in [0.4, 0.5) is 5.69 Å². The van der Waals surface area contributed by atoms with Crippen molar-refractivity contribution in [2.24, 2.45) is 5.92 Å². The molecule has 1 saturated heterocycles. The summed E-state index contributed by atoms with van der Waals surface area (Å²) < 4.78 is 0. The van der Waals surface area contributed by atoms with Crippen molar-refractivity contribution in [2.75, 3.05) is 31.5 Å². The first-order valence-electron chi connectivity index (χ1n) is 9.51. The van der Waals surface area contributed by atoms with Gasteiger partial charge in [0.1, 0.15) is 0 Å². The SMILES string of the molecule is CCCCNC(=O)C1CCN(CC(=O)Nc2cccc(CC)c2)CC1. The van der Waals surface area contributed by atoms with Crippen molar-refractivity contribution in [1.82, 2.24) is 10.2 Å².